The normalized spacial score (nSPS) is 10.4. The standard InChI is InChI=1S/C14H15N5O2/c1-4-11-14(19(20)21)12(5-2)18(17-11)13-7-10(8-15)6-9(3)16-13/h6-7H,4-5H2,1-3H3. The monoisotopic (exact) mass is 285 g/mol. The van der Waals surface area contributed by atoms with Crippen molar-refractivity contribution in [1.29, 1.82) is 5.26 Å². The van der Waals surface area contributed by atoms with Gasteiger partial charge in [-0.1, -0.05) is 13.8 Å². The van der Waals surface area contributed by atoms with Gasteiger partial charge in [-0.2, -0.15) is 10.4 Å². The van der Waals surface area contributed by atoms with E-state index in [9.17, 15) is 10.1 Å². The average molecular weight is 285 g/mol. The third-order valence-corrected chi connectivity index (χ3v) is 3.16. The predicted molar refractivity (Wildman–Crippen MR) is 76.2 cm³/mol. The Balaban J connectivity index is 2.73. The van der Waals surface area contributed by atoms with Crippen LogP contribution in [-0.2, 0) is 12.8 Å². The summed E-state index contributed by atoms with van der Waals surface area (Å²) in [5.41, 5.74) is 2.09. The van der Waals surface area contributed by atoms with E-state index < -0.39 is 4.92 Å². The lowest BCUT2D eigenvalue weighted by Gasteiger charge is -2.05. The van der Waals surface area contributed by atoms with Gasteiger partial charge < -0.3 is 0 Å². The van der Waals surface area contributed by atoms with E-state index in [-0.39, 0.29) is 5.69 Å². The van der Waals surface area contributed by atoms with E-state index in [4.69, 9.17) is 5.26 Å². The van der Waals surface area contributed by atoms with Crippen LogP contribution in [0.2, 0.25) is 0 Å². The minimum absolute atomic E-state index is 0.0433. The Morgan fingerprint density at radius 2 is 2.10 bits per heavy atom. The summed E-state index contributed by atoms with van der Waals surface area (Å²) in [6.45, 7) is 5.43. The highest BCUT2D eigenvalue weighted by atomic mass is 16.6. The zero-order valence-electron chi connectivity index (χ0n) is 12.1. The van der Waals surface area contributed by atoms with E-state index in [1.807, 2.05) is 13.8 Å². The molecule has 0 saturated carbocycles. The molecule has 2 rings (SSSR count). The maximum Gasteiger partial charge on any atom is 0.313 e. The van der Waals surface area contributed by atoms with Gasteiger partial charge in [-0.25, -0.2) is 9.67 Å². The van der Waals surface area contributed by atoms with Crippen LogP contribution in [0.5, 0.6) is 0 Å². The fourth-order valence-electron chi connectivity index (χ4n) is 2.27. The molecule has 7 heteroatoms. The summed E-state index contributed by atoms with van der Waals surface area (Å²) in [4.78, 5) is 15.2. The van der Waals surface area contributed by atoms with E-state index in [0.29, 0.717) is 41.3 Å². The van der Waals surface area contributed by atoms with Crippen LogP contribution in [0.25, 0.3) is 5.82 Å². The summed E-state index contributed by atoms with van der Waals surface area (Å²) in [6, 6.07) is 5.30. The molecule has 0 aliphatic heterocycles. The Morgan fingerprint density at radius 1 is 1.38 bits per heavy atom. The van der Waals surface area contributed by atoms with Crippen LogP contribution in [0.1, 0.15) is 36.5 Å². The summed E-state index contributed by atoms with van der Waals surface area (Å²) in [7, 11) is 0. The zero-order valence-corrected chi connectivity index (χ0v) is 12.1. The Bertz CT molecular complexity index is 743. The van der Waals surface area contributed by atoms with Gasteiger partial charge in [-0.15, -0.1) is 0 Å². The van der Waals surface area contributed by atoms with Gasteiger partial charge in [-0.3, -0.25) is 10.1 Å². The fraction of sp³-hybridized carbons (Fsp3) is 0.357. The number of nitro groups is 1. The summed E-state index contributed by atoms with van der Waals surface area (Å²) in [5, 5.41) is 24.6. The molecule has 0 aromatic carbocycles. The van der Waals surface area contributed by atoms with Crippen LogP contribution in [0.3, 0.4) is 0 Å². The molecule has 2 heterocycles. The van der Waals surface area contributed by atoms with Gasteiger partial charge in [0, 0.05) is 11.8 Å². The second kappa shape index (κ2) is 5.71. The third kappa shape index (κ3) is 2.60. The lowest BCUT2D eigenvalue weighted by Crippen LogP contribution is -2.06. The number of pyridine rings is 1. The number of nitrogens with zero attached hydrogens (tertiary/aromatic N) is 5. The fourth-order valence-corrected chi connectivity index (χ4v) is 2.27. The van der Waals surface area contributed by atoms with Crippen molar-refractivity contribution >= 4 is 5.69 Å². The Labute approximate surface area is 122 Å². The van der Waals surface area contributed by atoms with E-state index >= 15 is 0 Å². The quantitative estimate of drug-likeness (QED) is 0.635. The van der Waals surface area contributed by atoms with Crippen molar-refractivity contribution < 1.29 is 4.92 Å². The van der Waals surface area contributed by atoms with E-state index in [1.165, 1.54) is 4.68 Å². The first kappa shape index (κ1) is 14.7. The van der Waals surface area contributed by atoms with Crippen LogP contribution in [-0.4, -0.2) is 19.7 Å². The molecule has 0 unspecified atom stereocenters. The van der Waals surface area contributed by atoms with Crippen molar-refractivity contribution in [2.45, 2.75) is 33.6 Å². The largest absolute Gasteiger partial charge is 0.313 e. The molecular weight excluding hydrogens is 270 g/mol. The maximum atomic E-state index is 11.3. The number of aryl methyl sites for hydroxylation is 2. The minimum atomic E-state index is -0.401. The Kier molecular flexibility index (Phi) is 3.98. The van der Waals surface area contributed by atoms with E-state index in [0.717, 1.165) is 0 Å². The highest BCUT2D eigenvalue weighted by molar-refractivity contribution is 5.46. The summed E-state index contributed by atoms with van der Waals surface area (Å²) in [6.07, 6.45) is 0.925. The Hall–Kier alpha value is -2.75. The Morgan fingerprint density at radius 3 is 2.62 bits per heavy atom. The number of rotatable bonds is 4. The first-order valence-corrected chi connectivity index (χ1v) is 6.66. The van der Waals surface area contributed by atoms with Crippen LogP contribution in [0.15, 0.2) is 12.1 Å². The molecule has 21 heavy (non-hydrogen) atoms. The maximum absolute atomic E-state index is 11.3. The number of aromatic nitrogens is 3. The zero-order chi connectivity index (χ0) is 15.6. The van der Waals surface area contributed by atoms with Crippen molar-refractivity contribution in [2.24, 2.45) is 0 Å². The van der Waals surface area contributed by atoms with Crippen LogP contribution >= 0.6 is 0 Å². The van der Waals surface area contributed by atoms with Crippen LogP contribution in [0, 0.1) is 28.4 Å². The highest BCUT2D eigenvalue weighted by Gasteiger charge is 2.26. The predicted octanol–water partition coefficient (Wildman–Crippen LogP) is 2.48. The van der Waals surface area contributed by atoms with Gasteiger partial charge in [0.1, 0.15) is 11.4 Å². The van der Waals surface area contributed by atoms with Crippen molar-refractivity contribution in [3.8, 4) is 11.9 Å². The molecule has 0 fully saturated rings. The SMILES string of the molecule is CCc1nn(-c2cc(C#N)cc(C)n2)c(CC)c1[N+](=O)[O-]. The smallest absolute Gasteiger partial charge is 0.258 e. The molecule has 108 valence electrons. The van der Waals surface area contributed by atoms with Crippen molar-refractivity contribution in [3.05, 3.63) is 44.9 Å². The molecule has 0 aliphatic rings. The lowest BCUT2D eigenvalue weighted by molar-refractivity contribution is -0.386. The summed E-state index contributed by atoms with van der Waals surface area (Å²) >= 11 is 0. The average Bonchev–Trinajstić information content (AvgIpc) is 2.85. The van der Waals surface area contributed by atoms with Crippen LogP contribution in [0.4, 0.5) is 5.69 Å². The van der Waals surface area contributed by atoms with Gasteiger partial charge in [0.05, 0.1) is 16.6 Å². The molecule has 0 atom stereocenters. The topological polar surface area (TPSA) is 97.6 Å². The van der Waals surface area contributed by atoms with Gasteiger partial charge in [0.15, 0.2) is 5.82 Å². The molecule has 2 aromatic heterocycles. The molecule has 0 radical (unpaired) electrons. The second-order valence-electron chi connectivity index (χ2n) is 4.59. The van der Waals surface area contributed by atoms with Crippen molar-refractivity contribution in [1.82, 2.24) is 14.8 Å². The summed E-state index contributed by atoms with van der Waals surface area (Å²) in [5.74, 6) is 0.436. The number of hydrogen-bond donors (Lipinski definition) is 0. The molecule has 0 aliphatic carbocycles. The molecule has 0 spiro atoms. The minimum Gasteiger partial charge on any atom is -0.258 e. The molecule has 7 nitrogen and oxygen atoms in total. The highest BCUT2D eigenvalue weighted by Crippen LogP contribution is 2.27. The van der Waals surface area contributed by atoms with E-state index in [1.54, 1.807) is 19.1 Å². The second-order valence-corrected chi connectivity index (χ2v) is 4.59. The number of nitriles is 1. The lowest BCUT2D eigenvalue weighted by atomic mass is 10.2. The summed E-state index contributed by atoms with van der Waals surface area (Å²) < 4.78 is 1.48. The first-order valence-electron chi connectivity index (χ1n) is 6.66. The van der Waals surface area contributed by atoms with Gasteiger partial charge in [0.25, 0.3) is 0 Å². The molecule has 0 amide bonds. The number of hydrogen-bond acceptors (Lipinski definition) is 5. The molecule has 0 N–H and O–H groups in total. The molecule has 2 aromatic rings. The van der Waals surface area contributed by atoms with Crippen molar-refractivity contribution in [3.63, 3.8) is 0 Å². The molecule has 0 bridgehead atoms. The first-order chi connectivity index (χ1) is 10.0. The van der Waals surface area contributed by atoms with Gasteiger partial charge in [0.2, 0.25) is 0 Å². The van der Waals surface area contributed by atoms with Gasteiger partial charge in [-0.05, 0) is 25.8 Å². The van der Waals surface area contributed by atoms with Gasteiger partial charge >= 0.3 is 5.69 Å². The van der Waals surface area contributed by atoms with Crippen LogP contribution < -0.4 is 0 Å². The molecular formula is C14H15N5O2. The van der Waals surface area contributed by atoms with Crippen molar-refractivity contribution in [2.75, 3.05) is 0 Å². The van der Waals surface area contributed by atoms with E-state index in [2.05, 4.69) is 16.2 Å². The third-order valence-electron chi connectivity index (χ3n) is 3.16. The molecule has 0 saturated heterocycles.